The van der Waals surface area contributed by atoms with Crippen molar-refractivity contribution in [3.8, 4) is 0 Å². The molecule has 0 aromatic carbocycles. The van der Waals surface area contributed by atoms with Crippen LogP contribution in [0.25, 0.3) is 0 Å². The van der Waals surface area contributed by atoms with Crippen molar-refractivity contribution in [1.29, 1.82) is 0 Å². The van der Waals surface area contributed by atoms with Crippen LogP contribution in [-0.2, 0) is 14.3 Å². The number of carboxylic acids is 1. The zero-order valence-corrected chi connectivity index (χ0v) is 12.6. The van der Waals surface area contributed by atoms with E-state index in [0.29, 0.717) is 26.0 Å². The van der Waals surface area contributed by atoms with Crippen molar-refractivity contribution in [2.75, 3.05) is 13.2 Å². The number of carboxylic acid groups (broad SMARTS) is 1. The summed E-state index contributed by atoms with van der Waals surface area (Å²) in [6, 6.07) is 0. The van der Waals surface area contributed by atoms with Crippen LogP contribution in [0.4, 0.5) is 0 Å². The van der Waals surface area contributed by atoms with Crippen LogP contribution < -0.4 is 5.32 Å². The second-order valence-corrected chi connectivity index (χ2v) is 5.95. The Balaban J connectivity index is 2.30. The molecule has 0 aliphatic heterocycles. The average Bonchev–Trinajstić information content (AvgIpc) is 2.38. The Morgan fingerprint density at radius 1 is 1.25 bits per heavy atom. The Kier molecular flexibility index (Phi) is 6.99. The first-order chi connectivity index (χ1) is 9.46. The number of carbonyl (C=O) groups is 2. The number of nitrogens with one attached hydrogen (secondary N) is 1. The lowest BCUT2D eigenvalue weighted by Crippen LogP contribution is -2.39. The van der Waals surface area contributed by atoms with E-state index in [1.807, 2.05) is 13.8 Å². The van der Waals surface area contributed by atoms with Gasteiger partial charge in [-0.25, -0.2) is 0 Å². The standard InChI is InChI=1S/C15H27NO4/c1-12(2)20-10-6-9-16-13(17)11-15(14(18)19)7-4-3-5-8-15/h12H,3-11H2,1-2H3,(H,16,17)(H,18,19). The number of ether oxygens (including phenoxy) is 1. The van der Waals surface area contributed by atoms with Gasteiger partial charge >= 0.3 is 5.97 Å². The van der Waals surface area contributed by atoms with Crippen LogP contribution in [0, 0.1) is 5.41 Å². The number of aliphatic carboxylic acids is 1. The average molecular weight is 285 g/mol. The van der Waals surface area contributed by atoms with E-state index in [1.54, 1.807) is 0 Å². The van der Waals surface area contributed by atoms with E-state index in [2.05, 4.69) is 5.32 Å². The van der Waals surface area contributed by atoms with Crippen LogP contribution in [0.1, 0.15) is 58.8 Å². The molecule has 1 aliphatic carbocycles. The van der Waals surface area contributed by atoms with E-state index in [1.165, 1.54) is 0 Å². The molecule has 0 heterocycles. The van der Waals surface area contributed by atoms with Crippen molar-refractivity contribution in [2.24, 2.45) is 5.41 Å². The smallest absolute Gasteiger partial charge is 0.310 e. The molecule has 116 valence electrons. The summed E-state index contributed by atoms with van der Waals surface area (Å²) in [5.41, 5.74) is -0.837. The van der Waals surface area contributed by atoms with E-state index in [4.69, 9.17) is 4.74 Å². The second kappa shape index (κ2) is 8.25. The van der Waals surface area contributed by atoms with Gasteiger partial charge in [0.2, 0.25) is 5.91 Å². The van der Waals surface area contributed by atoms with Crippen molar-refractivity contribution >= 4 is 11.9 Å². The van der Waals surface area contributed by atoms with E-state index >= 15 is 0 Å². The molecule has 20 heavy (non-hydrogen) atoms. The Bertz CT molecular complexity index is 322. The first-order valence-corrected chi connectivity index (χ1v) is 7.58. The molecule has 5 nitrogen and oxygen atoms in total. The third-order valence-electron chi connectivity index (χ3n) is 3.86. The zero-order valence-electron chi connectivity index (χ0n) is 12.6. The van der Waals surface area contributed by atoms with Crippen molar-refractivity contribution in [2.45, 2.75) is 64.9 Å². The third kappa shape index (κ3) is 5.49. The van der Waals surface area contributed by atoms with Crippen LogP contribution in [0.3, 0.4) is 0 Å². The Labute approximate surface area is 121 Å². The SMILES string of the molecule is CC(C)OCCCNC(=O)CC1(C(=O)O)CCCCC1. The minimum atomic E-state index is -0.837. The predicted octanol–water partition coefficient (Wildman–Crippen LogP) is 2.34. The lowest BCUT2D eigenvalue weighted by Gasteiger charge is -2.32. The van der Waals surface area contributed by atoms with E-state index in [9.17, 15) is 14.7 Å². The maximum Gasteiger partial charge on any atom is 0.310 e. The fraction of sp³-hybridized carbons (Fsp3) is 0.867. The van der Waals surface area contributed by atoms with Crippen LogP contribution in [0.2, 0.25) is 0 Å². The highest BCUT2D eigenvalue weighted by Gasteiger charge is 2.41. The van der Waals surface area contributed by atoms with Gasteiger partial charge in [0.25, 0.3) is 0 Å². The lowest BCUT2D eigenvalue weighted by molar-refractivity contribution is -0.154. The van der Waals surface area contributed by atoms with Gasteiger partial charge in [-0.2, -0.15) is 0 Å². The minimum Gasteiger partial charge on any atom is -0.481 e. The summed E-state index contributed by atoms with van der Waals surface area (Å²) in [7, 11) is 0. The lowest BCUT2D eigenvalue weighted by atomic mass is 9.71. The quantitative estimate of drug-likeness (QED) is 0.671. The highest BCUT2D eigenvalue weighted by atomic mass is 16.5. The molecule has 0 aromatic rings. The number of hydrogen-bond acceptors (Lipinski definition) is 3. The molecule has 1 fully saturated rings. The Morgan fingerprint density at radius 3 is 2.45 bits per heavy atom. The Morgan fingerprint density at radius 2 is 1.90 bits per heavy atom. The maximum absolute atomic E-state index is 11.9. The molecule has 1 aliphatic rings. The van der Waals surface area contributed by atoms with Gasteiger partial charge in [-0.1, -0.05) is 19.3 Å². The Hall–Kier alpha value is -1.10. The molecule has 1 amide bonds. The number of rotatable bonds is 8. The van der Waals surface area contributed by atoms with Crippen molar-refractivity contribution in [1.82, 2.24) is 5.32 Å². The predicted molar refractivity (Wildman–Crippen MR) is 76.5 cm³/mol. The summed E-state index contributed by atoms with van der Waals surface area (Å²) in [4.78, 5) is 23.4. The van der Waals surface area contributed by atoms with Gasteiger partial charge in [-0.3, -0.25) is 9.59 Å². The fourth-order valence-corrected chi connectivity index (χ4v) is 2.68. The first kappa shape index (κ1) is 17.0. The summed E-state index contributed by atoms with van der Waals surface area (Å²) in [6.45, 7) is 5.10. The maximum atomic E-state index is 11.9. The number of amides is 1. The molecule has 0 spiro atoms. The highest BCUT2D eigenvalue weighted by molar-refractivity contribution is 5.85. The second-order valence-electron chi connectivity index (χ2n) is 5.95. The molecule has 5 heteroatoms. The minimum absolute atomic E-state index is 0.105. The molecule has 0 saturated heterocycles. The molecule has 0 unspecified atom stereocenters. The van der Waals surface area contributed by atoms with Crippen molar-refractivity contribution in [3.63, 3.8) is 0 Å². The van der Waals surface area contributed by atoms with Crippen LogP contribution in [-0.4, -0.2) is 36.2 Å². The van der Waals surface area contributed by atoms with Crippen LogP contribution >= 0.6 is 0 Å². The third-order valence-corrected chi connectivity index (χ3v) is 3.86. The first-order valence-electron chi connectivity index (χ1n) is 7.58. The van der Waals surface area contributed by atoms with Gasteiger partial charge in [0.1, 0.15) is 0 Å². The van der Waals surface area contributed by atoms with Crippen molar-refractivity contribution in [3.05, 3.63) is 0 Å². The van der Waals surface area contributed by atoms with Gasteiger partial charge in [0.15, 0.2) is 0 Å². The zero-order chi connectivity index (χ0) is 15.0. The van der Waals surface area contributed by atoms with Crippen LogP contribution in [0.5, 0.6) is 0 Å². The van der Waals surface area contributed by atoms with E-state index in [-0.39, 0.29) is 18.4 Å². The van der Waals surface area contributed by atoms with Crippen molar-refractivity contribution < 1.29 is 19.4 Å². The van der Waals surface area contributed by atoms with E-state index < -0.39 is 11.4 Å². The van der Waals surface area contributed by atoms with E-state index in [0.717, 1.165) is 25.7 Å². The molecule has 0 aromatic heterocycles. The molecule has 1 rings (SSSR count). The summed E-state index contributed by atoms with van der Waals surface area (Å²) in [6.07, 6.45) is 5.17. The van der Waals surface area contributed by atoms with Gasteiger partial charge in [0, 0.05) is 19.6 Å². The summed E-state index contributed by atoms with van der Waals surface area (Å²) < 4.78 is 5.39. The summed E-state index contributed by atoms with van der Waals surface area (Å²) in [5, 5.41) is 12.2. The van der Waals surface area contributed by atoms with Crippen LogP contribution in [0.15, 0.2) is 0 Å². The molecule has 0 radical (unpaired) electrons. The normalized spacial score (nSPS) is 17.9. The largest absolute Gasteiger partial charge is 0.481 e. The summed E-state index contributed by atoms with van der Waals surface area (Å²) in [5.74, 6) is -0.977. The topological polar surface area (TPSA) is 75.6 Å². The molecule has 1 saturated carbocycles. The summed E-state index contributed by atoms with van der Waals surface area (Å²) >= 11 is 0. The molecular weight excluding hydrogens is 258 g/mol. The number of carbonyl (C=O) groups excluding carboxylic acids is 1. The molecule has 0 bridgehead atoms. The molecule has 2 N–H and O–H groups in total. The fourth-order valence-electron chi connectivity index (χ4n) is 2.68. The molecule has 0 atom stereocenters. The highest BCUT2D eigenvalue weighted by Crippen LogP contribution is 2.39. The van der Waals surface area contributed by atoms with Gasteiger partial charge in [0.05, 0.1) is 11.5 Å². The van der Waals surface area contributed by atoms with Gasteiger partial charge < -0.3 is 15.2 Å². The van der Waals surface area contributed by atoms with Gasteiger partial charge in [-0.15, -0.1) is 0 Å². The number of hydrogen-bond donors (Lipinski definition) is 2. The monoisotopic (exact) mass is 285 g/mol. The molecular formula is C15H27NO4. The van der Waals surface area contributed by atoms with Gasteiger partial charge in [-0.05, 0) is 33.1 Å².